The Labute approximate surface area is 91.9 Å². The number of nitrogens with one attached hydrogen (secondary N) is 1. The number of aromatic nitrogens is 1. The average Bonchev–Trinajstić information content (AvgIpc) is 3.01. The molecule has 0 saturated heterocycles. The number of hydrogen-bond donors (Lipinski definition) is 1. The third-order valence-corrected chi connectivity index (χ3v) is 2.68. The number of pyridine rings is 1. The molecule has 16 heavy (non-hydrogen) atoms. The van der Waals surface area contributed by atoms with Crippen LogP contribution in [0.2, 0.25) is 0 Å². The highest BCUT2D eigenvalue weighted by Gasteiger charge is 2.48. The Hall–Kier alpha value is -1.52. The van der Waals surface area contributed by atoms with Crippen LogP contribution in [0.25, 0.3) is 0 Å². The summed E-state index contributed by atoms with van der Waals surface area (Å²) in [6.07, 6.45) is -0.595. The van der Waals surface area contributed by atoms with Gasteiger partial charge in [-0.15, -0.1) is 0 Å². The molecule has 0 aromatic carbocycles. The second kappa shape index (κ2) is 4.15. The first-order chi connectivity index (χ1) is 7.58. The van der Waals surface area contributed by atoms with E-state index >= 15 is 0 Å². The summed E-state index contributed by atoms with van der Waals surface area (Å²) in [7, 11) is 0. The molecule has 1 aromatic rings. The van der Waals surface area contributed by atoms with Gasteiger partial charge >= 0.3 is 0 Å². The van der Waals surface area contributed by atoms with Crippen molar-refractivity contribution in [2.75, 3.05) is 5.32 Å². The van der Waals surface area contributed by atoms with Crippen LogP contribution >= 0.6 is 0 Å². The molecule has 3 nitrogen and oxygen atoms in total. The molecule has 0 spiro atoms. The number of halogens is 2. The van der Waals surface area contributed by atoms with Crippen molar-refractivity contribution in [1.82, 2.24) is 4.98 Å². The van der Waals surface area contributed by atoms with Crippen molar-refractivity contribution in [2.45, 2.75) is 19.8 Å². The summed E-state index contributed by atoms with van der Waals surface area (Å²) >= 11 is 0. The SMILES string of the molecule is Cc1ccc(NC(=O)[C@H]2C[C@@H]2C(F)F)cn1. The van der Waals surface area contributed by atoms with Crippen molar-refractivity contribution in [3.63, 3.8) is 0 Å². The molecule has 5 heteroatoms. The van der Waals surface area contributed by atoms with Crippen molar-refractivity contribution in [2.24, 2.45) is 11.8 Å². The number of nitrogens with zero attached hydrogens (tertiary/aromatic N) is 1. The molecule has 86 valence electrons. The normalized spacial score (nSPS) is 23.2. The second-order valence-electron chi connectivity index (χ2n) is 4.02. The average molecular weight is 226 g/mol. The number of alkyl halides is 2. The van der Waals surface area contributed by atoms with Gasteiger partial charge in [-0.05, 0) is 25.5 Å². The summed E-state index contributed by atoms with van der Waals surface area (Å²) in [6.45, 7) is 1.83. The van der Waals surface area contributed by atoms with Crippen molar-refractivity contribution < 1.29 is 13.6 Å². The van der Waals surface area contributed by atoms with E-state index in [4.69, 9.17) is 0 Å². The van der Waals surface area contributed by atoms with E-state index in [-0.39, 0.29) is 12.3 Å². The number of hydrogen-bond acceptors (Lipinski definition) is 2. The fourth-order valence-electron chi connectivity index (χ4n) is 1.57. The van der Waals surface area contributed by atoms with Crippen molar-refractivity contribution in [1.29, 1.82) is 0 Å². The first-order valence-corrected chi connectivity index (χ1v) is 5.09. The molecule has 0 bridgehead atoms. The van der Waals surface area contributed by atoms with E-state index in [1.807, 2.05) is 6.92 Å². The lowest BCUT2D eigenvalue weighted by Crippen LogP contribution is -2.16. The smallest absolute Gasteiger partial charge is 0.242 e. The maximum atomic E-state index is 12.2. The quantitative estimate of drug-likeness (QED) is 0.858. The second-order valence-corrected chi connectivity index (χ2v) is 4.02. The molecular weight excluding hydrogens is 214 g/mol. The molecule has 2 atom stereocenters. The molecule has 1 aliphatic rings. The molecule has 1 aromatic heterocycles. The van der Waals surface area contributed by atoms with Gasteiger partial charge in [-0.3, -0.25) is 9.78 Å². The summed E-state index contributed by atoms with van der Waals surface area (Å²) in [4.78, 5) is 15.5. The summed E-state index contributed by atoms with van der Waals surface area (Å²) in [6, 6.07) is 3.47. The van der Waals surface area contributed by atoms with Gasteiger partial charge < -0.3 is 5.32 Å². The molecule has 0 radical (unpaired) electrons. The molecule has 1 N–H and O–H groups in total. The lowest BCUT2D eigenvalue weighted by atomic mass is 10.3. The molecule has 1 saturated carbocycles. The van der Waals surface area contributed by atoms with Crippen LogP contribution in [0.3, 0.4) is 0 Å². The van der Waals surface area contributed by atoms with Crippen LogP contribution < -0.4 is 5.32 Å². The van der Waals surface area contributed by atoms with Crippen molar-refractivity contribution >= 4 is 11.6 Å². The van der Waals surface area contributed by atoms with E-state index in [0.29, 0.717) is 5.69 Å². The van der Waals surface area contributed by atoms with Gasteiger partial charge in [0.05, 0.1) is 11.9 Å². The first kappa shape index (κ1) is 11.0. The van der Waals surface area contributed by atoms with E-state index in [0.717, 1.165) is 5.69 Å². The Balaban J connectivity index is 1.91. The lowest BCUT2D eigenvalue weighted by Gasteiger charge is -2.04. The van der Waals surface area contributed by atoms with Crippen LogP contribution in [-0.4, -0.2) is 17.3 Å². The van der Waals surface area contributed by atoms with Gasteiger partial charge in [-0.25, -0.2) is 8.78 Å². The third-order valence-electron chi connectivity index (χ3n) is 2.68. The van der Waals surface area contributed by atoms with Gasteiger partial charge in [0.1, 0.15) is 0 Å². The van der Waals surface area contributed by atoms with Crippen LogP contribution in [0.1, 0.15) is 12.1 Å². The van der Waals surface area contributed by atoms with E-state index in [1.54, 1.807) is 12.1 Å². The minimum atomic E-state index is -2.40. The van der Waals surface area contributed by atoms with Gasteiger partial charge in [-0.2, -0.15) is 0 Å². The predicted octanol–water partition coefficient (Wildman–Crippen LogP) is 2.23. The lowest BCUT2D eigenvalue weighted by molar-refractivity contribution is -0.118. The maximum Gasteiger partial charge on any atom is 0.242 e. The summed E-state index contributed by atoms with van der Waals surface area (Å²) in [5.74, 6) is -1.64. The Morgan fingerprint density at radius 1 is 1.56 bits per heavy atom. The van der Waals surface area contributed by atoms with Gasteiger partial charge in [0.25, 0.3) is 0 Å². The zero-order chi connectivity index (χ0) is 11.7. The van der Waals surface area contributed by atoms with E-state index in [2.05, 4.69) is 10.3 Å². The molecule has 1 aliphatic carbocycles. The molecule has 0 aliphatic heterocycles. The number of anilines is 1. The Kier molecular flexibility index (Phi) is 2.85. The fourth-order valence-corrected chi connectivity index (χ4v) is 1.57. The Morgan fingerprint density at radius 3 is 2.81 bits per heavy atom. The maximum absolute atomic E-state index is 12.2. The highest BCUT2D eigenvalue weighted by Crippen LogP contribution is 2.43. The number of aryl methyl sites for hydroxylation is 1. The monoisotopic (exact) mass is 226 g/mol. The standard InChI is InChI=1S/C11H12F2N2O/c1-6-2-3-7(5-14-6)15-11(16)9-4-8(9)10(12)13/h2-3,5,8-10H,4H2,1H3,(H,15,16)/t8-,9-/m0/s1. The van der Waals surface area contributed by atoms with Gasteiger partial charge in [0.15, 0.2) is 0 Å². The van der Waals surface area contributed by atoms with Gasteiger partial charge in [0.2, 0.25) is 12.3 Å². The number of carbonyl (C=O) groups excluding carboxylic acids is 1. The molecular formula is C11H12F2N2O. The van der Waals surface area contributed by atoms with Crippen molar-refractivity contribution in [3.8, 4) is 0 Å². The van der Waals surface area contributed by atoms with E-state index < -0.39 is 18.3 Å². The summed E-state index contributed by atoms with van der Waals surface area (Å²) in [5.41, 5.74) is 1.39. The largest absolute Gasteiger partial charge is 0.324 e. The van der Waals surface area contributed by atoms with Crippen molar-refractivity contribution in [3.05, 3.63) is 24.0 Å². The van der Waals surface area contributed by atoms with Crippen LogP contribution in [0.4, 0.5) is 14.5 Å². The highest BCUT2D eigenvalue weighted by molar-refractivity contribution is 5.94. The van der Waals surface area contributed by atoms with Crippen LogP contribution in [0.15, 0.2) is 18.3 Å². The minimum Gasteiger partial charge on any atom is -0.324 e. The molecule has 1 fully saturated rings. The molecule has 1 heterocycles. The number of carbonyl (C=O) groups is 1. The van der Waals surface area contributed by atoms with E-state index in [1.165, 1.54) is 6.20 Å². The zero-order valence-corrected chi connectivity index (χ0v) is 8.78. The van der Waals surface area contributed by atoms with Gasteiger partial charge in [-0.1, -0.05) is 0 Å². The van der Waals surface area contributed by atoms with Gasteiger partial charge in [0, 0.05) is 17.5 Å². The molecule has 2 rings (SSSR count). The van der Waals surface area contributed by atoms with Crippen LogP contribution in [-0.2, 0) is 4.79 Å². The highest BCUT2D eigenvalue weighted by atomic mass is 19.3. The fraction of sp³-hybridized carbons (Fsp3) is 0.455. The van der Waals surface area contributed by atoms with E-state index in [9.17, 15) is 13.6 Å². The number of rotatable bonds is 3. The first-order valence-electron chi connectivity index (χ1n) is 5.09. The summed E-state index contributed by atoms with van der Waals surface area (Å²) < 4.78 is 24.5. The molecule has 1 amide bonds. The number of amides is 1. The van der Waals surface area contributed by atoms with Crippen LogP contribution in [0, 0.1) is 18.8 Å². The summed E-state index contributed by atoms with van der Waals surface area (Å²) in [5, 5.41) is 2.58. The third kappa shape index (κ3) is 2.35. The van der Waals surface area contributed by atoms with Crippen LogP contribution in [0.5, 0.6) is 0 Å². The Bertz CT molecular complexity index is 391. The minimum absolute atomic E-state index is 0.281. The topological polar surface area (TPSA) is 42.0 Å². The Morgan fingerprint density at radius 2 is 2.31 bits per heavy atom. The molecule has 0 unspecified atom stereocenters. The predicted molar refractivity (Wildman–Crippen MR) is 55.2 cm³/mol. The zero-order valence-electron chi connectivity index (χ0n) is 8.78.